The van der Waals surface area contributed by atoms with Gasteiger partial charge in [-0.2, -0.15) is 5.10 Å². The van der Waals surface area contributed by atoms with Gasteiger partial charge in [0.2, 0.25) is 5.91 Å². The van der Waals surface area contributed by atoms with Crippen LogP contribution in [0.1, 0.15) is 12.8 Å². The number of nitrogens with two attached hydrogens (primary N) is 1. The molecule has 1 aliphatic heterocycles. The van der Waals surface area contributed by atoms with Gasteiger partial charge in [-0.25, -0.2) is 0 Å². The van der Waals surface area contributed by atoms with E-state index in [1.54, 1.807) is 6.20 Å². The number of hydrogen-bond donors (Lipinski definition) is 2. The van der Waals surface area contributed by atoms with Crippen LogP contribution < -0.4 is 10.6 Å². The SMILES string of the molecule is NC(=O)C1CCCN(c2cc(Cl)cc3[nH]ncc23)C1. The van der Waals surface area contributed by atoms with Crippen LogP contribution >= 0.6 is 11.6 Å². The predicted molar refractivity (Wildman–Crippen MR) is 75.2 cm³/mol. The summed E-state index contributed by atoms with van der Waals surface area (Å²) in [6, 6.07) is 3.77. The number of fused-ring (bicyclic) bond motifs is 1. The van der Waals surface area contributed by atoms with Crippen molar-refractivity contribution in [1.82, 2.24) is 10.2 Å². The Hall–Kier alpha value is -1.75. The van der Waals surface area contributed by atoms with E-state index >= 15 is 0 Å². The number of benzene rings is 1. The van der Waals surface area contributed by atoms with Gasteiger partial charge in [0.15, 0.2) is 0 Å². The van der Waals surface area contributed by atoms with Crippen molar-refractivity contribution in [1.29, 1.82) is 0 Å². The molecule has 6 heteroatoms. The number of hydrogen-bond acceptors (Lipinski definition) is 3. The number of amides is 1. The van der Waals surface area contributed by atoms with Crippen molar-refractivity contribution in [2.24, 2.45) is 11.7 Å². The minimum absolute atomic E-state index is 0.0883. The molecule has 1 unspecified atom stereocenters. The molecule has 2 aromatic rings. The zero-order valence-electron chi connectivity index (χ0n) is 10.4. The summed E-state index contributed by atoms with van der Waals surface area (Å²) >= 11 is 6.13. The Bertz CT molecular complexity index is 624. The van der Waals surface area contributed by atoms with Crippen LogP contribution in [0.4, 0.5) is 5.69 Å². The molecule has 0 radical (unpaired) electrons. The van der Waals surface area contributed by atoms with Gasteiger partial charge in [-0.05, 0) is 25.0 Å². The first-order valence-electron chi connectivity index (χ1n) is 6.32. The fourth-order valence-electron chi connectivity index (χ4n) is 2.69. The van der Waals surface area contributed by atoms with Crippen molar-refractivity contribution in [3.05, 3.63) is 23.4 Å². The maximum atomic E-state index is 11.4. The lowest BCUT2D eigenvalue weighted by Crippen LogP contribution is -2.41. The fraction of sp³-hybridized carbons (Fsp3) is 0.385. The quantitative estimate of drug-likeness (QED) is 0.881. The minimum atomic E-state index is -0.227. The first-order valence-corrected chi connectivity index (χ1v) is 6.70. The van der Waals surface area contributed by atoms with E-state index in [1.165, 1.54) is 0 Å². The predicted octanol–water partition coefficient (Wildman–Crippen LogP) is 1.92. The second-order valence-corrected chi connectivity index (χ2v) is 5.38. The molecule has 1 atom stereocenters. The number of H-pyrrole nitrogens is 1. The molecule has 1 amide bonds. The average Bonchev–Trinajstić information content (AvgIpc) is 2.85. The highest BCUT2D eigenvalue weighted by Gasteiger charge is 2.25. The van der Waals surface area contributed by atoms with Crippen LogP contribution in [0.15, 0.2) is 18.3 Å². The van der Waals surface area contributed by atoms with Crippen LogP contribution in [0.2, 0.25) is 5.02 Å². The van der Waals surface area contributed by atoms with Gasteiger partial charge in [-0.1, -0.05) is 11.6 Å². The molecule has 2 heterocycles. The van der Waals surface area contributed by atoms with Gasteiger partial charge >= 0.3 is 0 Å². The van der Waals surface area contributed by atoms with Crippen molar-refractivity contribution >= 4 is 34.1 Å². The number of nitrogens with one attached hydrogen (secondary N) is 1. The Labute approximate surface area is 115 Å². The zero-order valence-corrected chi connectivity index (χ0v) is 11.2. The molecule has 3 N–H and O–H groups in total. The van der Waals surface area contributed by atoms with Gasteiger partial charge < -0.3 is 10.6 Å². The summed E-state index contributed by atoms with van der Waals surface area (Å²) in [7, 11) is 0. The van der Waals surface area contributed by atoms with Gasteiger partial charge in [0, 0.05) is 29.2 Å². The molecule has 19 heavy (non-hydrogen) atoms. The summed E-state index contributed by atoms with van der Waals surface area (Å²) in [5, 5.41) is 8.65. The van der Waals surface area contributed by atoms with Crippen molar-refractivity contribution in [2.75, 3.05) is 18.0 Å². The molecule has 0 aliphatic carbocycles. The van der Waals surface area contributed by atoms with E-state index in [9.17, 15) is 4.79 Å². The maximum absolute atomic E-state index is 11.4. The molecule has 1 fully saturated rings. The summed E-state index contributed by atoms with van der Waals surface area (Å²) in [5.41, 5.74) is 7.34. The molecule has 0 bridgehead atoms. The maximum Gasteiger partial charge on any atom is 0.222 e. The summed E-state index contributed by atoms with van der Waals surface area (Å²) in [6.07, 6.45) is 3.61. The summed E-state index contributed by atoms with van der Waals surface area (Å²) < 4.78 is 0. The van der Waals surface area contributed by atoms with Crippen LogP contribution in [0.3, 0.4) is 0 Å². The molecule has 1 saturated heterocycles. The highest BCUT2D eigenvalue weighted by atomic mass is 35.5. The number of primary amides is 1. The minimum Gasteiger partial charge on any atom is -0.370 e. The van der Waals surface area contributed by atoms with E-state index in [-0.39, 0.29) is 11.8 Å². The lowest BCUT2D eigenvalue weighted by Gasteiger charge is -2.33. The molecular weight excluding hydrogens is 264 g/mol. The van der Waals surface area contributed by atoms with E-state index in [4.69, 9.17) is 17.3 Å². The molecule has 3 rings (SSSR count). The van der Waals surface area contributed by atoms with Crippen molar-refractivity contribution < 1.29 is 4.79 Å². The van der Waals surface area contributed by atoms with Crippen LogP contribution in [0, 0.1) is 5.92 Å². The second kappa shape index (κ2) is 4.74. The fourth-order valence-corrected chi connectivity index (χ4v) is 2.90. The topological polar surface area (TPSA) is 75.0 Å². The standard InChI is InChI=1S/C13H15ClN4O/c14-9-4-11-10(6-16-17-11)12(5-9)18-3-1-2-8(7-18)13(15)19/h4-6,8H,1-3,7H2,(H2,15,19)(H,16,17). The van der Waals surface area contributed by atoms with E-state index in [1.807, 2.05) is 12.1 Å². The largest absolute Gasteiger partial charge is 0.370 e. The molecule has 0 spiro atoms. The number of halogens is 1. The number of rotatable bonds is 2. The smallest absolute Gasteiger partial charge is 0.222 e. The monoisotopic (exact) mass is 278 g/mol. The third-order valence-electron chi connectivity index (χ3n) is 3.67. The number of nitrogens with zero attached hydrogens (tertiary/aromatic N) is 2. The number of aromatic amines is 1. The molecular formula is C13H15ClN4O. The number of carbonyl (C=O) groups excluding carboxylic acids is 1. The summed E-state index contributed by atoms with van der Waals surface area (Å²) in [6.45, 7) is 1.56. The van der Waals surface area contributed by atoms with Gasteiger partial charge in [0.25, 0.3) is 0 Å². The highest BCUT2D eigenvalue weighted by Crippen LogP contribution is 2.32. The molecule has 0 saturated carbocycles. The number of piperidine rings is 1. The van der Waals surface area contributed by atoms with Crippen molar-refractivity contribution in [3.63, 3.8) is 0 Å². The number of aromatic nitrogens is 2. The summed E-state index contributed by atoms with van der Waals surface area (Å²) in [4.78, 5) is 13.5. The second-order valence-electron chi connectivity index (χ2n) is 4.94. The molecule has 5 nitrogen and oxygen atoms in total. The van der Waals surface area contributed by atoms with Gasteiger partial charge in [-0.15, -0.1) is 0 Å². The zero-order chi connectivity index (χ0) is 13.4. The normalized spacial score (nSPS) is 19.8. The molecule has 1 aromatic heterocycles. The van der Waals surface area contributed by atoms with Gasteiger partial charge in [0.1, 0.15) is 0 Å². The Morgan fingerprint density at radius 3 is 3.16 bits per heavy atom. The summed E-state index contributed by atoms with van der Waals surface area (Å²) in [5.74, 6) is -0.315. The first-order chi connectivity index (χ1) is 9.15. The van der Waals surface area contributed by atoms with Crippen LogP contribution in [0.5, 0.6) is 0 Å². The average molecular weight is 279 g/mol. The van der Waals surface area contributed by atoms with E-state index in [0.717, 1.165) is 36.0 Å². The lowest BCUT2D eigenvalue weighted by molar-refractivity contribution is -0.122. The Kier molecular flexibility index (Phi) is 3.06. The molecule has 100 valence electrons. The van der Waals surface area contributed by atoms with E-state index in [2.05, 4.69) is 15.1 Å². The number of anilines is 1. The first kappa shape index (κ1) is 12.3. The number of carbonyl (C=O) groups is 1. The third kappa shape index (κ3) is 2.26. The van der Waals surface area contributed by atoms with Crippen LogP contribution in [0.25, 0.3) is 10.9 Å². The highest BCUT2D eigenvalue weighted by molar-refractivity contribution is 6.31. The lowest BCUT2D eigenvalue weighted by atomic mass is 9.96. The van der Waals surface area contributed by atoms with Crippen molar-refractivity contribution in [3.8, 4) is 0 Å². The Balaban J connectivity index is 1.99. The van der Waals surface area contributed by atoms with E-state index < -0.39 is 0 Å². The molecule has 1 aliphatic rings. The Morgan fingerprint density at radius 2 is 2.37 bits per heavy atom. The van der Waals surface area contributed by atoms with Gasteiger partial charge in [-0.3, -0.25) is 9.89 Å². The van der Waals surface area contributed by atoms with Crippen LogP contribution in [-0.4, -0.2) is 29.2 Å². The van der Waals surface area contributed by atoms with Crippen LogP contribution in [-0.2, 0) is 4.79 Å². The Morgan fingerprint density at radius 1 is 1.53 bits per heavy atom. The van der Waals surface area contributed by atoms with Gasteiger partial charge in [0.05, 0.1) is 17.6 Å². The van der Waals surface area contributed by atoms with E-state index in [0.29, 0.717) is 11.6 Å². The third-order valence-corrected chi connectivity index (χ3v) is 3.88. The molecule has 1 aromatic carbocycles. The van der Waals surface area contributed by atoms with Crippen molar-refractivity contribution in [2.45, 2.75) is 12.8 Å².